The molecule has 254 valence electrons. The van der Waals surface area contributed by atoms with Gasteiger partial charge in [0.25, 0.3) is 0 Å². The maximum Gasteiger partial charge on any atom is 0.340 e. The van der Waals surface area contributed by atoms with E-state index in [0.29, 0.717) is 5.56 Å². The van der Waals surface area contributed by atoms with E-state index in [9.17, 15) is 4.79 Å². The lowest BCUT2D eigenvalue weighted by atomic mass is 9.76. The van der Waals surface area contributed by atoms with Crippen molar-refractivity contribution in [1.82, 2.24) is 9.55 Å². The normalized spacial score (nSPS) is 15.9. The van der Waals surface area contributed by atoms with Crippen LogP contribution in [0.3, 0.4) is 0 Å². The van der Waals surface area contributed by atoms with Crippen molar-refractivity contribution >= 4 is 27.8 Å². The zero-order valence-electron chi connectivity index (χ0n) is 29.9. The first-order valence-electron chi connectivity index (χ1n) is 19.0. The Morgan fingerprint density at radius 3 is 2.06 bits per heavy atom. The summed E-state index contributed by atoms with van der Waals surface area (Å²) in [5, 5.41) is 2.36. The molecule has 0 amide bonds. The van der Waals surface area contributed by atoms with Crippen LogP contribution in [0.15, 0.2) is 66.7 Å². The fourth-order valence-electron chi connectivity index (χ4n) is 8.46. The number of nitrogens with one attached hydrogen (secondary N) is 1. The average molecular weight is 645 g/mol. The number of para-hydroxylation sites is 1. The lowest BCUT2D eigenvalue weighted by Gasteiger charge is -2.31. The lowest BCUT2D eigenvalue weighted by molar-refractivity contribution is 0.0256. The van der Waals surface area contributed by atoms with E-state index in [1.807, 2.05) is 12.1 Å². The number of fused-ring (bicyclic) bond motifs is 3. The SMILES string of the molecule is CCCCCCCCCCCCCCn1c(C)c(C2(c3c(C)[nH]c4cccc(CCCC)c34)OC(=O)c3ccccc32)c2ccccc21. The predicted molar refractivity (Wildman–Crippen MR) is 201 cm³/mol. The van der Waals surface area contributed by atoms with Gasteiger partial charge in [-0.2, -0.15) is 0 Å². The van der Waals surface area contributed by atoms with Crippen LogP contribution in [0.2, 0.25) is 0 Å². The van der Waals surface area contributed by atoms with Crippen LogP contribution in [0.1, 0.15) is 148 Å². The Labute approximate surface area is 288 Å². The van der Waals surface area contributed by atoms with Crippen LogP contribution >= 0.6 is 0 Å². The maximum atomic E-state index is 13.9. The quantitative estimate of drug-likeness (QED) is 0.0762. The number of cyclic esters (lactones) is 1. The molecule has 0 aliphatic carbocycles. The molecule has 1 N–H and O–H groups in total. The van der Waals surface area contributed by atoms with E-state index in [-0.39, 0.29) is 5.97 Å². The molecule has 6 rings (SSSR count). The van der Waals surface area contributed by atoms with Crippen LogP contribution in [-0.4, -0.2) is 15.5 Å². The number of esters is 1. The van der Waals surface area contributed by atoms with Gasteiger partial charge < -0.3 is 14.3 Å². The molecular weight excluding hydrogens is 588 g/mol. The molecule has 1 aliphatic heterocycles. The summed E-state index contributed by atoms with van der Waals surface area (Å²) >= 11 is 0. The highest BCUT2D eigenvalue weighted by Gasteiger charge is 2.53. The third-order valence-corrected chi connectivity index (χ3v) is 10.8. The molecule has 0 saturated carbocycles. The summed E-state index contributed by atoms with van der Waals surface area (Å²) in [5.74, 6) is -0.248. The zero-order chi connectivity index (χ0) is 33.5. The monoisotopic (exact) mass is 644 g/mol. The lowest BCUT2D eigenvalue weighted by Crippen LogP contribution is -2.31. The first-order chi connectivity index (χ1) is 23.5. The Morgan fingerprint density at radius 2 is 1.33 bits per heavy atom. The van der Waals surface area contributed by atoms with Crippen LogP contribution in [0.4, 0.5) is 0 Å². The Balaban J connectivity index is 1.34. The zero-order valence-corrected chi connectivity index (χ0v) is 29.9. The maximum absolute atomic E-state index is 13.9. The molecule has 5 aromatic rings. The molecule has 1 atom stereocenters. The third-order valence-electron chi connectivity index (χ3n) is 10.8. The number of ether oxygens (including phenoxy) is 1. The van der Waals surface area contributed by atoms with Crippen LogP contribution in [0, 0.1) is 13.8 Å². The highest BCUT2D eigenvalue weighted by Crippen LogP contribution is 2.54. The average Bonchev–Trinajstić information content (AvgIpc) is 3.70. The van der Waals surface area contributed by atoms with Crippen molar-refractivity contribution in [3.05, 3.63) is 106 Å². The molecule has 3 heterocycles. The second-order valence-corrected chi connectivity index (χ2v) is 14.2. The van der Waals surface area contributed by atoms with Gasteiger partial charge in [-0.05, 0) is 56.9 Å². The van der Waals surface area contributed by atoms with Crippen molar-refractivity contribution in [2.45, 2.75) is 136 Å². The number of hydrogen-bond donors (Lipinski definition) is 1. The van der Waals surface area contributed by atoms with Gasteiger partial charge in [-0.15, -0.1) is 0 Å². The van der Waals surface area contributed by atoms with E-state index < -0.39 is 5.60 Å². The minimum Gasteiger partial charge on any atom is -0.440 e. The summed E-state index contributed by atoms with van der Waals surface area (Å²) in [4.78, 5) is 17.6. The second kappa shape index (κ2) is 15.6. The van der Waals surface area contributed by atoms with Gasteiger partial charge in [-0.1, -0.05) is 139 Å². The molecule has 0 radical (unpaired) electrons. The molecular formula is C44H56N2O2. The summed E-state index contributed by atoms with van der Waals surface area (Å²) in [6, 6.07) is 23.4. The number of rotatable bonds is 18. The Kier molecular flexibility index (Phi) is 11.1. The van der Waals surface area contributed by atoms with E-state index in [0.717, 1.165) is 60.1 Å². The molecule has 0 saturated heterocycles. The number of aromatic nitrogens is 2. The van der Waals surface area contributed by atoms with Crippen molar-refractivity contribution < 1.29 is 9.53 Å². The molecule has 0 spiro atoms. The predicted octanol–water partition coefficient (Wildman–Crippen LogP) is 12.2. The first-order valence-corrected chi connectivity index (χ1v) is 19.0. The van der Waals surface area contributed by atoms with Crippen molar-refractivity contribution in [2.24, 2.45) is 0 Å². The minimum atomic E-state index is -1.05. The molecule has 1 unspecified atom stereocenters. The summed E-state index contributed by atoms with van der Waals surface area (Å²) in [5.41, 5.74) is 8.61. The van der Waals surface area contributed by atoms with Crippen molar-refractivity contribution in [3.8, 4) is 0 Å². The van der Waals surface area contributed by atoms with Gasteiger partial charge in [0, 0.05) is 56.4 Å². The highest BCUT2D eigenvalue weighted by molar-refractivity contribution is 6.01. The minimum absolute atomic E-state index is 0.248. The molecule has 4 heteroatoms. The largest absolute Gasteiger partial charge is 0.440 e. The number of aryl methyl sites for hydroxylation is 3. The smallest absolute Gasteiger partial charge is 0.340 e. The summed E-state index contributed by atoms with van der Waals surface area (Å²) in [6.07, 6.45) is 19.3. The molecule has 3 aromatic carbocycles. The fraction of sp³-hybridized carbons (Fsp3) is 0.477. The standard InChI is InChI=1S/C44H56N2O2/c1-5-7-9-10-11-12-13-14-15-16-17-22-31-46-33(4)42(36-27-19-21-30-39(36)46)44(37-28-20-18-26-35(37)43(47)48-44)41-32(3)45-38-29-23-25-34(40(38)41)24-8-6-2/h18-21,23,25-30,45H,5-17,22,24,31H2,1-4H3. The summed E-state index contributed by atoms with van der Waals surface area (Å²) < 4.78 is 9.35. The van der Waals surface area contributed by atoms with Crippen LogP contribution in [0.25, 0.3) is 21.8 Å². The van der Waals surface area contributed by atoms with Crippen molar-refractivity contribution in [3.63, 3.8) is 0 Å². The van der Waals surface area contributed by atoms with Gasteiger partial charge >= 0.3 is 5.97 Å². The van der Waals surface area contributed by atoms with Gasteiger partial charge in [0.1, 0.15) is 0 Å². The van der Waals surface area contributed by atoms with E-state index in [2.05, 4.69) is 91.8 Å². The summed E-state index contributed by atoms with van der Waals surface area (Å²) in [6.45, 7) is 9.89. The Morgan fingerprint density at radius 1 is 0.688 bits per heavy atom. The fourth-order valence-corrected chi connectivity index (χ4v) is 8.46. The Bertz CT molecular complexity index is 1840. The number of hydrogen-bond acceptors (Lipinski definition) is 2. The molecule has 48 heavy (non-hydrogen) atoms. The Hall–Kier alpha value is -3.79. The number of unbranched alkanes of at least 4 members (excludes halogenated alkanes) is 12. The van der Waals surface area contributed by atoms with Gasteiger partial charge in [0.05, 0.1) is 5.56 Å². The summed E-state index contributed by atoms with van der Waals surface area (Å²) in [7, 11) is 0. The number of H-pyrrole nitrogens is 1. The second-order valence-electron chi connectivity index (χ2n) is 14.2. The molecule has 0 fully saturated rings. The molecule has 0 bridgehead atoms. The van der Waals surface area contributed by atoms with Gasteiger partial charge in [0.15, 0.2) is 5.60 Å². The van der Waals surface area contributed by atoms with E-state index >= 15 is 0 Å². The van der Waals surface area contributed by atoms with Crippen LogP contribution in [-0.2, 0) is 23.3 Å². The molecule has 1 aliphatic rings. The first kappa shape index (κ1) is 34.1. The topological polar surface area (TPSA) is 47.0 Å². The number of carbonyl (C=O) groups excluding carboxylic acids is 1. The number of aromatic amines is 1. The van der Waals surface area contributed by atoms with E-state index in [1.54, 1.807) is 0 Å². The molecule has 2 aromatic heterocycles. The van der Waals surface area contributed by atoms with Crippen LogP contribution in [0.5, 0.6) is 0 Å². The molecule has 4 nitrogen and oxygen atoms in total. The third kappa shape index (κ3) is 6.48. The number of nitrogens with zero attached hydrogens (tertiary/aromatic N) is 1. The van der Waals surface area contributed by atoms with Crippen LogP contribution < -0.4 is 0 Å². The van der Waals surface area contributed by atoms with Gasteiger partial charge in [0.2, 0.25) is 0 Å². The van der Waals surface area contributed by atoms with E-state index in [1.165, 1.54) is 98.2 Å². The highest BCUT2D eigenvalue weighted by atomic mass is 16.6. The van der Waals surface area contributed by atoms with Crippen molar-refractivity contribution in [2.75, 3.05) is 0 Å². The van der Waals surface area contributed by atoms with E-state index in [4.69, 9.17) is 4.74 Å². The van der Waals surface area contributed by atoms with Gasteiger partial charge in [-0.3, -0.25) is 0 Å². The van der Waals surface area contributed by atoms with Gasteiger partial charge in [-0.25, -0.2) is 4.79 Å². The van der Waals surface area contributed by atoms with Crippen molar-refractivity contribution in [1.29, 1.82) is 0 Å². The number of benzene rings is 3. The number of carbonyl (C=O) groups is 1.